The second-order valence-electron chi connectivity index (χ2n) is 3.97. The number of hydrogen-bond acceptors (Lipinski definition) is 0. The lowest BCUT2D eigenvalue weighted by molar-refractivity contribution is 0.616. The van der Waals surface area contributed by atoms with Gasteiger partial charge >= 0.3 is 0 Å². The first-order valence-electron chi connectivity index (χ1n) is 5.10. The van der Waals surface area contributed by atoms with Gasteiger partial charge in [0.2, 0.25) is 0 Å². The van der Waals surface area contributed by atoms with Gasteiger partial charge in [0, 0.05) is 11.1 Å². The fraction of sp³-hybridized carbons (Fsp3) is 0.143. The van der Waals surface area contributed by atoms with Crippen molar-refractivity contribution in [3.05, 3.63) is 59.2 Å². The van der Waals surface area contributed by atoms with Gasteiger partial charge in [-0.3, -0.25) is 0 Å². The quantitative estimate of drug-likeness (QED) is 0.694. The zero-order chi connectivity index (χ0) is 11.7. The van der Waals surface area contributed by atoms with Crippen molar-refractivity contribution in [2.24, 2.45) is 0 Å². The van der Waals surface area contributed by atoms with Crippen LogP contribution in [0.3, 0.4) is 0 Å². The average Bonchev–Trinajstić information content (AvgIpc) is 2.25. The lowest BCUT2D eigenvalue weighted by Gasteiger charge is -2.07. The largest absolute Gasteiger partial charge is 0.206 e. The van der Waals surface area contributed by atoms with Crippen molar-refractivity contribution in [2.45, 2.75) is 13.8 Å². The Bertz CT molecular complexity index is 486. The first kappa shape index (κ1) is 13.7. The van der Waals surface area contributed by atoms with E-state index in [4.69, 9.17) is 0 Å². The molecule has 0 aliphatic rings. The molecule has 0 N–H and O–H groups in total. The Morgan fingerprint density at radius 2 is 1.06 bits per heavy atom. The van der Waals surface area contributed by atoms with Gasteiger partial charge in [0.05, 0.1) is 0 Å². The summed E-state index contributed by atoms with van der Waals surface area (Å²) in [6, 6.07) is 9.40. The van der Waals surface area contributed by atoms with Gasteiger partial charge in [-0.1, -0.05) is 23.3 Å². The van der Waals surface area contributed by atoms with Crippen LogP contribution in [0.5, 0.6) is 0 Å². The normalized spacial score (nSPS) is 9.88. The monoisotopic (exact) mass is 254 g/mol. The molecule has 0 spiro atoms. The molecule has 0 aliphatic carbocycles. The Morgan fingerprint density at radius 1 is 0.706 bits per heavy atom. The van der Waals surface area contributed by atoms with Crippen LogP contribution in [0.1, 0.15) is 11.1 Å². The number of benzene rings is 2. The summed E-state index contributed by atoms with van der Waals surface area (Å²) in [4.78, 5) is 0. The van der Waals surface area contributed by atoms with Crippen LogP contribution in [0.4, 0.5) is 8.78 Å². The topological polar surface area (TPSA) is 0 Å². The third-order valence-corrected chi connectivity index (χ3v) is 2.53. The molecule has 0 bridgehead atoms. The second kappa shape index (κ2) is 5.28. The summed E-state index contributed by atoms with van der Waals surface area (Å²) in [5.41, 5.74) is 2.47. The Morgan fingerprint density at radius 3 is 1.41 bits per heavy atom. The number of rotatable bonds is 1. The summed E-state index contributed by atoms with van der Waals surface area (Å²) in [5.74, 6) is -0.787. The standard InChI is InChI=1S/C14H12F2.ClH/c1-9-3-5-13(15)11(7-9)12-8-10(2)4-6-14(12)16;/h3-8H,1-2H3;1H. The van der Waals surface area contributed by atoms with Crippen LogP contribution >= 0.6 is 12.4 Å². The van der Waals surface area contributed by atoms with Crippen molar-refractivity contribution in [3.8, 4) is 11.1 Å². The predicted molar refractivity (Wildman–Crippen MR) is 68.5 cm³/mol. The van der Waals surface area contributed by atoms with Gasteiger partial charge in [-0.25, -0.2) is 8.78 Å². The zero-order valence-electron chi connectivity index (χ0n) is 9.63. The number of hydrogen-bond donors (Lipinski definition) is 0. The minimum atomic E-state index is -0.393. The van der Waals surface area contributed by atoms with Crippen molar-refractivity contribution < 1.29 is 8.78 Å². The summed E-state index contributed by atoms with van der Waals surface area (Å²) in [6.45, 7) is 3.72. The highest BCUT2D eigenvalue weighted by Crippen LogP contribution is 2.27. The molecule has 0 amide bonds. The van der Waals surface area contributed by atoms with E-state index in [2.05, 4.69) is 0 Å². The first-order chi connectivity index (χ1) is 7.58. The predicted octanol–water partition coefficient (Wildman–Crippen LogP) is 4.67. The van der Waals surface area contributed by atoms with Crippen molar-refractivity contribution in [2.75, 3.05) is 0 Å². The molecule has 0 unspecified atom stereocenters. The van der Waals surface area contributed by atoms with Crippen LogP contribution < -0.4 is 0 Å². The molecule has 0 atom stereocenters. The van der Waals surface area contributed by atoms with Crippen LogP contribution in [0, 0.1) is 25.5 Å². The van der Waals surface area contributed by atoms with Crippen LogP contribution in [-0.4, -0.2) is 0 Å². The summed E-state index contributed by atoms with van der Waals surface area (Å²) in [6.07, 6.45) is 0. The maximum atomic E-state index is 13.6. The maximum Gasteiger partial charge on any atom is 0.131 e. The fourth-order valence-electron chi connectivity index (χ4n) is 1.69. The van der Waals surface area contributed by atoms with Gasteiger partial charge in [0.1, 0.15) is 11.6 Å². The molecule has 0 saturated heterocycles. The van der Waals surface area contributed by atoms with Crippen molar-refractivity contribution >= 4 is 12.4 Å². The lowest BCUT2D eigenvalue weighted by atomic mass is 10.0. The molecular weight excluding hydrogens is 242 g/mol. The van der Waals surface area contributed by atoms with Crippen molar-refractivity contribution in [1.82, 2.24) is 0 Å². The summed E-state index contributed by atoms with van der Waals surface area (Å²) in [5, 5.41) is 0. The SMILES string of the molecule is Cc1ccc(F)c(-c2cc(C)ccc2F)c1.Cl. The van der Waals surface area contributed by atoms with Gasteiger partial charge in [-0.05, 0) is 38.1 Å². The minimum Gasteiger partial charge on any atom is -0.206 e. The maximum absolute atomic E-state index is 13.6. The van der Waals surface area contributed by atoms with Crippen molar-refractivity contribution in [1.29, 1.82) is 0 Å². The van der Waals surface area contributed by atoms with Crippen LogP contribution in [0.2, 0.25) is 0 Å². The molecule has 0 aliphatic heterocycles. The highest BCUT2D eigenvalue weighted by atomic mass is 35.5. The third-order valence-electron chi connectivity index (χ3n) is 2.53. The Kier molecular flexibility index (Phi) is 4.24. The van der Waals surface area contributed by atoms with Crippen LogP contribution in [-0.2, 0) is 0 Å². The second-order valence-corrected chi connectivity index (χ2v) is 3.97. The molecule has 3 heteroatoms. The summed E-state index contributed by atoms with van der Waals surface area (Å²) in [7, 11) is 0. The Labute approximate surface area is 106 Å². The molecule has 0 fully saturated rings. The van der Waals surface area contributed by atoms with E-state index in [1.165, 1.54) is 12.1 Å². The van der Waals surface area contributed by atoms with E-state index >= 15 is 0 Å². The Hall–Kier alpha value is -1.41. The van der Waals surface area contributed by atoms with E-state index in [1.54, 1.807) is 24.3 Å². The molecule has 0 saturated carbocycles. The number of aryl methyl sites for hydroxylation is 2. The van der Waals surface area contributed by atoms with Gasteiger partial charge in [-0.2, -0.15) is 0 Å². The summed E-state index contributed by atoms with van der Waals surface area (Å²) >= 11 is 0. The zero-order valence-corrected chi connectivity index (χ0v) is 10.4. The highest BCUT2D eigenvalue weighted by molar-refractivity contribution is 5.85. The molecule has 2 rings (SSSR count). The van der Waals surface area contributed by atoms with Gasteiger partial charge in [0.25, 0.3) is 0 Å². The van der Waals surface area contributed by atoms with Gasteiger partial charge in [0.15, 0.2) is 0 Å². The van der Waals surface area contributed by atoms with Gasteiger partial charge < -0.3 is 0 Å². The van der Waals surface area contributed by atoms with E-state index < -0.39 is 11.6 Å². The lowest BCUT2D eigenvalue weighted by Crippen LogP contribution is -1.90. The van der Waals surface area contributed by atoms with Crippen LogP contribution in [0.15, 0.2) is 36.4 Å². The van der Waals surface area contributed by atoms with E-state index in [9.17, 15) is 8.78 Å². The molecule has 0 radical (unpaired) electrons. The molecule has 0 nitrogen and oxygen atoms in total. The first-order valence-corrected chi connectivity index (χ1v) is 5.10. The smallest absolute Gasteiger partial charge is 0.131 e. The van der Waals surface area contributed by atoms with Crippen LogP contribution in [0.25, 0.3) is 11.1 Å². The molecule has 2 aromatic rings. The van der Waals surface area contributed by atoms with E-state index in [-0.39, 0.29) is 12.4 Å². The minimum absolute atomic E-state index is 0. The van der Waals surface area contributed by atoms with E-state index in [1.807, 2.05) is 13.8 Å². The molecule has 90 valence electrons. The summed E-state index contributed by atoms with van der Waals surface area (Å²) < 4.78 is 27.2. The number of halogens is 3. The van der Waals surface area contributed by atoms with E-state index in [0.29, 0.717) is 11.1 Å². The Balaban J connectivity index is 0.00000144. The third kappa shape index (κ3) is 2.83. The molecule has 2 aromatic carbocycles. The molecule has 17 heavy (non-hydrogen) atoms. The molecular formula is C14H13ClF2. The molecule has 0 aromatic heterocycles. The van der Waals surface area contributed by atoms with E-state index in [0.717, 1.165) is 11.1 Å². The molecule has 0 heterocycles. The average molecular weight is 255 g/mol. The fourth-order valence-corrected chi connectivity index (χ4v) is 1.69. The highest BCUT2D eigenvalue weighted by Gasteiger charge is 2.10. The van der Waals surface area contributed by atoms with Crippen molar-refractivity contribution in [3.63, 3.8) is 0 Å². The van der Waals surface area contributed by atoms with Gasteiger partial charge in [-0.15, -0.1) is 12.4 Å².